The number of thiophene rings is 2. The Hall–Kier alpha value is -2.07. The molecule has 7 nitrogen and oxygen atoms in total. The first kappa shape index (κ1) is 26.0. The molecular formula is C26H36N4O3S2. The number of hydrazone groups is 1. The van der Waals surface area contributed by atoms with Gasteiger partial charge in [-0.15, -0.1) is 22.7 Å². The molecule has 0 saturated carbocycles. The molecule has 2 aromatic rings. The molecule has 190 valence electrons. The van der Waals surface area contributed by atoms with Crippen molar-refractivity contribution in [1.29, 1.82) is 0 Å². The van der Waals surface area contributed by atoms with Crippen molar-refractivity contribution in [3.8, 4) is 0 Å². The van der Waals surface area contributed by atoms with Crippen molar-refractivity contribution in [1.82, 2.24) is 14.8 Å². The van der Waals surface area contributed by atoms with Crippen LogP contribution < -0.4 is 0 Å². The number of rotatable bonds is 8. The Kier molecular flexibility index (Phi) is 8.42. The number of hydrogen-bond donors (Lipinski definition) is 0. The summed E-state index contributed by atoms with van der Waals surface area (Å²) < 4.78 is 5.45. The number of nitrogens with zero attached hydrogens (tertiary/aromatic N) is 4. The highest BCUT2D eigenvalue weighted by molar-refractivity contribution is 7.12. The predicted octanol–water partition coefficient (Wildman–Crippen LogP) is 4.39. The molecule has 0 bridgehead atoms. The van der Waals surface area contributed by atoms with Crippen LogP contribution in [-0.4, -0.2) is 78.3 Å². The number of carbonyl (C=O) groups is 2. The van der Waals surface area contributed by atoms with Crippen molar-refractivity contribution < 1.29 is 14.3 Å². The minimum Gasteiger partial charge on any atom is -0.379 e. The van der Waals surface area contributed by atoms with E-state index in [1.54, 1.807) is 32.6 Å². The summed E-state index contributed by atoms with van der Waals surface area (Å²) in [6, 6.07) is 6.03. The SMILES string of the molecule is Cc1ccsc1C1CC(c2cccs2)=NN1C(=O)CN(CCN1CCOCC1)C(=O)CC(C)(C)C. The first-order valence-corrected chi connectivity index (χ1v) is 14.0. The van der Waals surface area contributed by atoms with Crippen molar-refractivity contribution in [3.63, 3.8) is 0 Å². The van der Waals surface area contributed by atoms with Crippen molar-refractivity contribution in [3.05, 3.63) is 44.3 Å². The number of amides is 2. The smallest absolute Gasteiger partial charge is 0.262 e. The van der Waals surface area contributed by atoms with Crippen LogP contribution in [0, 0.1) is 12.3 Å². The van der Waals surface area contributed by atoms with Crippen molar-refractivity contribution in [2.45, 2.75) is 46.6 Å². The van der Waals surface area contributed by atoms with E-state index < -0.39 is 0 Å². The van der Waals surface area contributed by atoms with E-state index in [1.165, 1.54) is 5.56 Å². The Morgan fingerprint density at radius 1 is 1.17 bits per heavy atom. The first-order chi connectivity index (χ1) is 16.7. The summed E-state index contributed by atoms with van der Waals surface area (Å²) >= 11 is 3.31. The van der Waals surface area contributed by atoms with E-state index in [-0.39, 0.29) is 29.8 Å². The highest BCUT2D eigenvalue weighted by Gasteiger charge is 2.36. The molecule has 4 rings (SSSR count). The third kappa shape index (κ3) is 6.78. The zero-order valence-electron chi connectivity index (χ0n) is 21.2. The second-order valence-electron chi connectivity index (χ2n) is 10.5. The third-order valence-electron chi connectivity index (χ3n) is 6.33. The molecule has 2 amide bonds. The van der Waals surface area contributed by atoms with Gasteiger partial charge in [-0.25, -0.2) is 5.01 Å². The molecule has 9 heteroatoms. The van der Waals surface area contributed by atoms with Crippen molar-refractivity contribution in [2.75, 3.05) is 45.9 Å². The maximum atomic E-state index is 13.7. The monoisotopic (exact) mass is 516 g/mol. The molecule has 0 aliphatic carbocycles. The maximum Gasteiger partial charge on any atom is 0.262 e. The molecule has 0 aromatic carbocycles. The Balaban J connectivity index is 1.53. The number of morpholine rings is 1. The molecule has 1 atom stereocenters. The number of hydrogen-bond acceptors (Lipinski definition) is 7. The number of ether oxygens (including phenoxy) is 1. The van der Waals surface area contributed by atoms with Crippen molar-refractivity contribution >= 4 is 40.2 Å². The third-order valence-corrected chi connectivity index (χ3v) is 8.37. The lowest BCUT2D eigenvalue weighted by Gasteiger charge is -2.32. The summed E-state index contributed by atoms with van der Waals surface area (Å²) in [6.07, 6.45) is 1.10. The molecule has 1 saturated heterocycles. The van der Waals surface area contributed by atoms with Gasteiger partial charge in [-0.1, -0.05) is 26.8 Å². The van der Waals surface area contributed by atoms with Crippen LogP contribution in [0.5, 0.6) is 0 Å². The minimum absolute atomic E-state index is 0.0182. The Bertz CT molecular complexity index is 1040. The fourth-order valence-electron chi connectivity index (χ4n) is 4.44. The second-order valence-corrected chi connectivity index (χ2v) is 12.4. The molecule has 2 aliphatic heterocycles. The van der Waals surface area contributed by atoms with Crippen LogP contribution in [0.3, 0.4) is 0 Å². The van der Waals surface area contributed by atoms with Crippen LogP contribution in [0.25, 0.3) is 0 Å². The van der Waals surface area contributed by atoms with E-state index in [2.05, 4.69) is 50.1 Å². The molecule has 0 N–H and O–H groups in total. The second kappa shape index (κ2) is 11.3. The van der Waals surface area contributed by atoms with Gasteiger partial charge in [0.1, 0.15) is 6.54 Å². The zero-order chi connectivity index (χ0) is 25.0. The van der Waals surface area contributed by atoms with Crippen LogP contribution in [-0.2, 0) is 14.3 Å². The average Bonchev–Trinajstić information content (AvgIpc) is 3.56. The van der Waals surface area contributed by atoms with Crippen molar-refractivity contribution in [2.24, 2.45) is 10.5 Å². The predicted molar refractivity (Wildman–Crippen MR) is 142 cm³/mol. The van der Waals surface area contributed by atoms with Gasteiger partial charge < -0.3 is 9.64 Å². The highest BCUT2D eigenvalue weighted by atomic mass is 32.1. The number of carbonyl (C=O) groups excluding carboxylic acids is 2. The largest absolute Gasteiger partial charge is 0.379 e. The minimum atomic E-state index is -0.147. The van der Waals surface area contributed by atoms with Crippen LogP contribution >= 0.6 is 22.7 Å². The molecule has 1 unspecified atom stereocenters. The number of aryl methyl sites for hydroxylation is 1. The molecule has 35 heavy (non-hydrogen) atoms. The molecular weight excluding hydrogens is 480 g/mol. The molecule has 1 fully saturated rings. The summed E-state index contributed by atoms with van der Waals surface area (Å²) in [5.41, 5.74) is 1.96. The highest BCUT2D eigenvalue weighted by Crippen LogP contribution is 2.38. The van der Waals surface area contributed by atoms with E-state index in [4.69, 9.17) is 9.84 Å². The lowest BCUT2D eigenvalue weighted by Crippen LogP contribution is -2.47. The van der Waals surface area contributed by atoms with E-state index in [0.29, 0.717) is 32.6 Å². The van der Waals surface area contributed by atoms with Gasteiger partial charge in [0.25, 0.3) is 5.91 Å². The summed E-state index contributed by atoms with van der Waals surface area (Å²) in [5, 5.41) is 10.5. The molecule has 2 aromatic heterocycles. The standard InChI is InChI=1S/C26H36N4O3S2/c1-19-7-15-35-25(19)21-16-20(22-6-5-14-34-22)27-30(21)24(32)18-29(23(31)17-26(2,3)4)9-8-28-10-12-33-13-11-28/h5-7,14-15,21H,8-13,16-18H2,1-4H3. The van der Waals surface area contributed by atoms with Crippen LogP contribution in [0.1, 0.15) is 55.0 Å². The first-order valence-electron chi connectivity index (χ1n) is 12.3. The van der Waals surface area contributed by atoms with Gasteiger partial charge in [-0.2, -0.15) is 5.10 Å². The summed E-state index contributed by atoms with van der Waals surface area (Å²) in [5.74, 6) is -0.108. The molecule has 4 heterocycles. The maximum absolute atomic E-state index is 13.7. The topological polar surface area (TPSA) is 65.5 Å². The van der Waals surface area contributed by atoms with Crippen LogP contribution in [0.4, 0.5) is 0 Å². The molecule has 2 aliphatic rings. The van der Waals surface area contributed by atoms with Gasteiger partial charge in [0.2, 0.25) is 5.91 Å². The normalized spacial score (nSPS) is 19.1. The van der Waals surface area contributed by atoms with E-state index >= 15 is 0 Å². The van der Waals surface area contributed by atoms with Gasteiger partial charge in [0.15, 0.2) is 0 Å². The average molecular weight is 517 g/mol. The quantitative estimate of drug-likeness (QED) is 0.522. The summed E-state index contributed by atoms with van der Waals surface area (Å²) in [6.45, 7) is 12.7. The van der Waals surface area contributed by atoms with Crippen LogP contribution in [0.2, 0.25) is 0 Å². The van der Waals surface area contributed by atoms with Gasteiger partial charge in [0.05, 0.1) is 29.8 Å². The lowest BCUT2D eigenvalue weighted by atomic mass is 9.91. The molecule has 0 spiro atoms. The van der Waals surface area contributed by atoms with E-state index in [1.807, 2.05) is 11.4 Å². The van der Waals surface area contributed by atoms with Crippen LogP contribution in [0.15, 0.2) is 34.1 Å². The Morgan fingerprint density at radius 2 is 1.94 bits per heavy atom. The zero-order valence-corrected chi connectivity index (χ0v) is 22.8. The molecule has 0 radical (unpaired) electrons. The van der Waals surface area contributed by atoms with Gasteiger partial charge in [-0.05, 0) is 40.8 Å². The van der Waals surface area contributed by atoms with Gasteiger partial charge in [-0.3, -0.25) is 14.5 Å². The Morgan fingerprint density at radius 3 is 2.57 bits per heavy atom. The Labute approximate surface area is 216 Å². The van der Waals surface area contributed by atoms with Gasteiger partial charge in [0, 0.05) is 43.9 Å². The van der Waals surface area contributed by atoms with Gasteiger partial charge >= 0.3 is 0 Å². The lowest BCUT2D eigenvalue weighted by molar-refractivity contribution is -0.142. The van der Waals surface area contributed by atoms with E-state index in [0.717, 1.165) is 35.1 Å². The summed E-state index contributed by atoms with van der Waals surface area (Å²) in [7, 11) is 0. The fourth-order valence-corrected chi connectivity index (χ4v) is 6.18. The van der Waals surface area contributed by atoms with E-state index in [9.17, 15) is 9.59 Å². The summed E-state index contributed by atoms with van der Waals surface area (Å²) in [4.78, 5) is 33.3. The fraction of sp³-hybridized carbons (Fsp3) is 0.577.